The molecule has 2 aromatic rings. The fraction of sp³-hybridized carbons (Fsp3) is 0.286. The third-order valence-corrected chi connectivity index (χ3v) is 3.12. The van der Waals surface area contributed by atoms with Crippen LogP contribution in [0.5, 0.6) is 0 Å². The van der Waals surface area contributed by atoms with E-state index in [0.717, 1.165) is 0 Å². The molecule has 0 radical (unpaired) electrons. The second-order valence-corrected chi connectivity index (χ2v) is 4.59. The van der Waals surface area contributed by atoms with Gasteiger partial charge in [0.25, 0.3) is 0 Å². The highest BCUT2D eigenvalue weighted by molar-refractivity contribution is 5.91. The molecule has 0 aliphatic carbocycles. The van der Waals surface area contributed by atoms with Crippen molar-refractivity contribution in [2.75, 3.05) is 11.1 Å². The first-order valence-electron chi connectivity index (χ1n) is 6.61. The Balaban J connectivity index is 1.94. The number of carbonyl (C=O) groups excluding carboxylic acids is 1. The number of hydrogen-bond acceptors (Lipinski definition) is 3. The maximum Gasteiger partial charge on any atom is 0.328 e. The highest BCUT2D eigenvalue weighted by Crippen LogP contribution is 2.16. The van der Waals surface area contributed by atoms with Crippen LogP contribution in [0.3, 0.4) is 0 Å². The van der Waals surface area contributed by atoms with Gasteiger partial charge in [-0.3, -0.25) is 13.9 Å². The van der Waals surface area contributed by atoms with Crippen LogP contribution in [0.4, 0.5) is 15.8 Å². The highest BCUT2D eigenvalue weighted by atomic mass is 19.1. The van der Waals surface area contributed by atoms with Gasteiger partial charge in [-0.25, -0.2) is 9.18 Å². The van der Waals surface area contributed by atoms with Gasteiger partial charge in [-0.05, 0) is 25.1 Å². The van der Waals surface area contributed by atoms with E-state index in [1.807, 2.05) is 6.92 Å². The molecular weight excluding hydrogens is 275 g/mol. The number of imidazole rings is 1. The molecule has 112 valence electrons. The van der Waals surface area contributed by atoms with Crippen molar-refractivity contribution in [1.29, 1.82) is 0 Å². The fourth-order valence-corrected chi connectivity index (χ4v) is 1.93. The minimum absolute atomic E-state index is 0.0240. The van der Waals surface area contributed by atoms with Crippen LogP contribution in [0, 0.1) is 5.82 Å². The standard InChI is InChI=1S/C14H17FN4O2/c1-2-18-7-8-19(14(18)21)6-5-13(20)17-10-3-4-11(15)12(16)9-10/h3-4,7-9H,2,5-6,16H2,1H3,(H,17,20). The predicted molar refractivity (Wildman–Crippen MR) is 78.4 cm³/mol. The number of nitrogens with zero attached hydrogens (tertiary/aromatic N) is 2. The number of nitrogens with two attached hydrogens (primary N) is 1. The molecule has 0 saturated carbocycles. The van der Waals surface area contributed by atoms with Gasteiger partial charge in [-0.2, -0.15) is 0 Å². The molecule has 2 rings (SSSR count). The lowest BCUT2D eigenvalue weighted by Gasteiger charge is -2.06. The number of aromatic nitrogens is 2. The largest absolute Gasteiger partial charge is 0.396 e. The summed E-state index contributed by atoms with van der Waals surface area (Å²) in [7, 11) is 0. The quantitative estimate of drug-likeness (QED) is 0.818. The lowest BCUT2D eigenvalue weighted by molar-refractivity contribution is -0.116. The predicted octanol–water partition coefficient (Wildman–Crippen LogP) is 1.42. The zero-order valence-electron chi connectivity index (χ0n) is 11.7. The second-order valence-electron chi connectivity index (χ2n) is 4.59. The number of aryl methyl sites for hydroxylation is 2. The van der Waals surface area contributed by atoms with E-state index in [9.17, 15) is 14.0 Å². The highest BCUT2D eigenvalue weighted by Gasteiger charge is 2.07. The number of benzene rings is 1. The summed E-state index contributed by atoms with van der Waals surface area (Å²) < 4.78 is 16.0. The molecule has 0 fully saturated rings. The fourth-order valence-electron chi connectivity index (χ4n) is 1.93. The van der Waals surface area contributed by atoms with E-state index in [0.29, 0.717) is 12.2 Å². The molecule has 7 heteroatoms. The maximum absolute atomic E-state index is 13.0. The van der Waals surface area contributed by atoms with Crippen LogP contribution < -0.4 is 16.7 Å². The summed E-state index contributed by atoms with van der Waals surface area (Å²) in [6, 6.07) is 3.98. The topological polar surface area (TPSA) is 82.1 Å². The van der Waals surface area contributed by atoms with E-state index in [2.05, 4.69) is 5.32 Å². The summed E-state index contributed by atoms with van der Waals surface area (Å²) in [6.07, 6.45) is 3.47. The third-order valence-electron chi connectivity index (χ3n) is 3.12. The van der Waals surface area contributed by atoms with E-state index < -0.39 is 5.82 Å². The van der Waals surface area contributed by atoms with Crippen molar-refractivity contribution in [2.24, 2.45) is 0 Å². The first-order chi connectivity index (χ1) is 10.0. The molecule has 1 aromatic heterocycles. The molecule has 1 heterocycles. The summed E-state index contributed by atoms with van der Waals surface area (Å²) in [5.41, 5.74) is 5.69. The van der Waals surface area contributed by atoms with E-state index >= 15 is 0 Å². The average Bonchev–Trinajstić information content (AvgIpc) is 2.81. The smallest absolute Gasteiger partial charge is 0.328 e. The number of rotatable bonds is 5. The molecule has 21 heavy (non-hydrogen) atoms. The number of nitrogens with one attached hydrogen (secondary N) is 1. The maximum atomic E-state index is 13.0. The number of carbonyl (C=O) groups is 1. The number of halogens is 1. The van der Waals surface area contributed by atoms with E-state index in [1.54, 1.807) is 17.0 Å². The molecule has 1 aromatic carbocycles. The molecule has 0 spiro atoms. The molecule has 0 bridgehead atoms. The number of amides is 1. The first kappa shape index (κ1) is 14.8. The van der Waals surface area contributed by atoms with Gasteiger partial charge in [-0.15, -0.1) is 0 Å². The van der Waals surface area contributed by atoms with E-state index in [4.69, 9.17) is 5.73 Å². The molecule has 0 aliphatic heterocycles. The van der Waals surface area contributed by atoms with Gasteiger partial charge in [-0.1, -0.05) is 0 Å². The Hall–Kier alpha value is -2.57. The number of hydrogen-bond donors (Lipinski definition) is 2. The normalized spacial score (nSPS) is 10.6. The number of nitrogen functional groups attached to an aromatic ring is 1. The average molecular weight is 292 g/mol. The van der Waals surface area contributed by atoms with Crippen molar-refractivity contribution in [3.8, 4) is 0 Å². The van der Waals surface area contributed by atoms with E-state index in [1.165, 1.54) is 22.8 Å². The van der Waals surface area contributed by atoms with Gasteiger partial charge in [0.1, 0.15) is 5.82 Å². The summed E-state index contributed by atoms with van der Waals surface area (Å²) in [4.78, 5) is 23.6. The van der Waals surface area contributed by atoms with Crippen molar-refractivity contribution in [2.45, 2.75) is 26.4 Å². The van der Waals surface area contributed by atoms with Crippen molar-refractivity contribution >= 4 is 17.3 Å². The first-order valence-corrected chi connectivity index (χ1v) is 6.61. The molecule has 0 aliphatic rings. The van der Waals surface area contributed by atoms with Gasteiger partial charge in [0, 0.05) is 37.6 Å². The molecule has 1 amide bonds. The van der Waals surface area contributed by atoms with Gasteiger partial charge >= 0.3 is 5.69 Å². The van der Waals surface area contributed by atoms with Gasteiger partial charge < -0.3 is 11.1 Å². The zero-order valence-corrected chi connectivity index (χ0v) is 11.7. The van der Waals surface area contributed by atoms with Crippen LogP contribution >= 0.6 is 0 Å². The summed E-state index contributed by atoms with van der Waals surface area (Å²) in [5, 5.41) is 2.61. The summed E-state index contributed by atoms with van der Waals surface area (Å²) in [6.45, 7) is 2.75. The summed E-state index contributed by atoms with van der Waals surface area (Å²) >= 11 is 0. The summed E-state index contributed by atoms with van der Waals surface area (Å²) in [5.74, 6) is -0.794. The van der Waals surface area contributed by atoms with Crippen molar-refractivity contribution < 1.29 is 9.18 Å². The van der Waals surface area contributed by atoms with Crippen LogP contribution in [-0.2, 0) is 17.9 Å². The Morgan fingerprint density at radius 1 is 1.33 bits per heavy atom. The van der Waals surface area contributed by atoms with Crippen molar-refractivity contribution in [1.82, 2.24) is 9.13 Å². The van der Waals surface area contributed by atoms with Crippen LogP contribution in [-0.4, -0.2) is 15.0 Å². The minimum atomic E-state index is -0.527. The number of anilines is 2. The molecule has 6 nitrogen and oxygen atoms in total. The van der Waals surface area contributed by atoms with Crippen LogP contribution in [0.1, 0.15) is 13.3 Å². The van der Waals surface area contributed by atoms with Gasteiger partial charge in [0.2, 0.25) is 5.91 Å². The van der Waals surface area contributed by atoms with E-state index in [-0.39, 0.29) is 30.2 Å². The Kier molecular flexibility index (Phi) is 4.42. The monoisotopic (exact) mass is 292 g/mol. The van der Waals surface area contributed by atoms with Crippen molar-refractivity contribution in [3.63, 3.8) is 0 Å². The lowest BCUT2D eigenvalue weighted by Crippen LogP contribution is -2.25. The van der Waals surface area contributed by atoms with Gasteiger partial charge in [0.15, 0.2) is 0 Å². The molecule has 0 saturated heterocycles. The Morgan fingerprint density at radius 2 is 2.05 bits per heavy atom. The van der Waals surface area contributed by atoms with Crippen LogP contribution in [0.2, 0.25) is 0 Å². The third kappa shape index (κ3) is 3.50. The molecule has 0 atom stereocenters. The van der Waals surface area contributed by atoms with Crippen LogP contribution in [0.25, 0.3) is 0 Å². The van der Waals surface area contributed by atoms with Gasteiger partial charge in [0.05, 0.1) is 5.69 Å². The molecular formula is C14H17FN4O2. The molecule has 3 N–H and O–H groups in total. The minimum Gasteiger partial charge on any atom is -0.396 e. The Bertz CT molecular complexity index is 705. The van der Waals surface area contributed by atoms with Crippen LogP contribution in [0.15, 0.2) is 35.4 Å². The van der Waals surface area contributed by atoms with Crippen molar-refractivity contribution in [3.05, 3.63) is 46.9 Å². The molecule has 0 unspecified atom stereocenters. The Morgan fingerprint density at radius 3 is 2.67 bits per heavy atom. The zero-order chi connectivity index (χ0) is 15.4. The Labute approximate surface area is 121 Å². The lowest BCUT2D eigenvalue weighted by atomic mass is 10.2. The SMILES string of the molecule is CCn1ccn(CCC(=O)Nc2ccc(F)c(N)c2)c1=O. The second kappa shape index (κ2) is 6.25.